The van der Waals surface area contributed by atoms with Gasteiger partial charge in [0.25, 0.3) is 0 Å². The summed E-state index contributed by atoms with van der Waals surface area (Å²) in [5, 5.41) is 19.7. The zero-order valence-corrected chi connectivity index (χ0v) is 18.1. The van der Waals surface area contributed by atoms with E-state index >= 15 is 0 Å². The number of aliphatic imine (C=N–C) groups is 1. The molecule has 0 radical (unpaired) electrons. The fraction of sp³-hybridized carbons (Fsp3) is 0.125. The van der Waals surface area contributed by atoms with Gasteiger partial charge in [0.2, 0.25) is 0 Å². The molecule has 4 aromatic rings. The van der Waals surface area contributed by atoms with Crippen molar-refractivity contribution in [2.75, 3.05) is 5.32 Å². The lowest BCUT2D eigenvalue weighted by Crippen LogP contribution is -1.93. The van der Waals surface area contributed by atoms with Crippen molar-refractivity contribution in [3.63, 3.8) is 0 Å². The zero-order valence-electron chi connectivity index (χ0n) is 18.1. The number of aromatic amines is 1. The molecule has 32 heavy (non-hydrogen) atoms. The molecule has 0 spiro atoms. The molecule has 0 saturated carbocycles. The second kappa shape index (κ2) is 11.0. The minimum absolute atomic E-state index is 0.280. The molecule has 0 bridgehead atoms. The third kappa shape index (κ3) is 5.77. The predicted octanol–water partition coefficient (Wildman–Crippen LogP) is 5.69. The highest BCUT2D eigenvalue weighted by Gasteiger charge is 2.12. The van der Waals surface area contributed by atoms with E-state index < -0.39 is 0 Å². The average molecular weight is 425 g/mol. The molecule has 0 saturated heterocycles. The lowest BCUT2D eigenvalue weighted by atomic mass is 10.2. The van der Waals surface area contributed by atoms with Gasteiger partial charge < -0.3 is 10.1 Å². The Morgan fingerprint density at radius 2 is 1.81 bits per heavy atom. The molecule has 2 N–H and O–H groups in total. The van der Waals surface area contributed by atoms with Crippen LogP contribution >= 0.6 is 0 Å². The Morgan fingerprint density at radius 3 is 2.50 bits per heavy atom. The largest absolute Gasteiger partial charge is 0.424 e. The minimum atomic E-state index is 0.280. The molecule has 8 heteroatoms. The normalized spacial score (nSPS) is 10.2. The van der Waals surface area contributed by atoms with Crippen LogP contribution in [0.25, 0.3) is 0 Å². The molecule has 160 valence electrons. The highest BCUT2D eigenvalue weighted by molar-refractivity contribution is 5.83. The number of benzene rings is 2. The van der Waals surface area contributed by atoms with Gasteiger partial charge in [-0.25, -0.2) is 15.0 Å². The summed E-state index contributed by atoms with van der Waals surface area (Å²) < 4.78 is 5.57. The Balaban J connectivity index is 0.00000141. The quantitative estimate of drug-likeness (QED) is 0.384. The van der Waals surface area contributed by atoms with Gasteiger partial charge in [-0.3, -0.25) is 5.10 Å². The predicted molar refractivity (Wildman–Crippen MR) is 125 cm³/mol. The first-order chi connectivity index (χ1) is 15.7. The van der Waals surface area contributed by atoms with Crippen molar-refractivity contribution in [3.8, 4) is 17.8 Å². The van der Waals surface area contributed by atoms with Gasteiger partial charge in [-0.05, 0) is 60.5 Å². The molecular weight excluding hydrogens is 402 g/mol. The van der Waals surface area contributed by atoms with Crippen molar-refractivity contribution in [2.24, 2.45) is 4.99 Å². The maximum Gasteiger partial charge on any atom is 0.321 e. The summed E-state index contributed by atoms with van der Waals surface area (Å²) in [6, 6.07) is 19.3. The first kappa shape index (κ1) is 22.2. The van der Waals surface area contributed by atoms with Gasteiger partial charge in [-0.2, -0.15) is 10.4 Å². The van der Waals surface area contributed by atoms with Crippen LogP contribution in [0.3, 0.4) is 0 Å². The van der Waals surface area contributed by atoms with Gasteiger partial charge in [0.1, 0.15) is 23.2 Å². The van der Waals surface area contributed by atoms with Crippen molar-refractivity contribution in [3.05, 3.63) is 83.7 Å². The Kier molecular flexibility index (Phi) is 7.65. The first-order valence-electron chi connectivity index (χ1n) is 10.1. The van der Waals surface area contributed by atoms with E-state index in [0.29, 0.717) is 22.9 Å². The van der Waals surface area contributed by atoms with Crippen molar-refractivity contribution in [2.45, 2.75) is 20.8 Å². The summed E-state index contributed by atoms with van der Waals surface area (Å²) in [6.07, 6.45) is 4.86. The third-order valence-electron chi connectivity index (χ3n) is 4.11. The van der Waals surface area contributed by atoms with Gasteiger partial charge in [0.05, 0.1) is 0 Å². The number of anilines is 2. The summed E-state index contributed by atoms with van der Waals surface area (Å²) in [5.41, 5.74) is 3.15. The molecule has 2 aromatic carbocycles. The van der Waals surface area contributed by atoms with Crippen LogP contribution in [0.15, 0.2) is 72.0 Å². The van der Waals surface area contributed by atoms with Gasteiger partial charge in [0.15, 0.2) is 5.82 Å². The van der Waals surface area contributed by atoms with Gasteiger partial charge in [-0.1, -0.05) is 26.0 Å². The summed E-state index contributed by atoms with van der Waals surface area (Å²) >= 11 is 0. The maximum atomic E-state index is 9.54. The lowest BCUT2D eigenvalue weighted by Gasteiger charge is -2.04. The standard InChI is InChI=1S/C22H17N7O.C2H6/c1-15-4-2-5-17(12-15)27-21-19(13-23)20(28-29-21)26-14-16-6-8-18(9-7-16)30-22-24-10-3-11-25-22;1-2/h2-12,14H,1H3,(H2,27,28,29);1-2H3. The molecule has 0 unspecified atom stereocenters. The maximum absolute atomic E-state index is 9.54. The van der Waals surface area contributed by atoms with E-state index in [0.717, 1.165) is 16.8 Å². The Hall–Kier alpha value is -4.51. The number of hydrogen-bond donors (Lipinski definition) is 2. The van der Waals surface area contributed by atoms with Crippen LogP contribution in [0.1, 0.15) is 30.5 Å². The van der Waals surface area contributed by atoms with Crippen molar-refractivity contribution >= 4 is 23.5 Å². The highest BCUT2D eigenvalue weighted by Crippen LogP contribution is 2.26. The SMILES string of the molecule is CC.Cc1cccc(Nc2[nH]nc(N=Cc3ccc(Oc4ncccn4)cc3)c2C#N)c1. The lowest BCUT2D eigenvalue weighted by molar-refractivity contribution is 0.442. The summed E-state index contributed by atoms with van der Waals surface area (Å²) in [7, 11) is 0. The molecule has 0 amide bonds. The molecule has 0 aliphatic rings. The Bertz CT molecular complexity index is 1210. The van der Waals surface area contributed by atoms with Crippen molar-refractivity contribution in [1.29, 1.82) is 5.26 Å². The van der Waals surface area contributed by atoms with E-state index in [1.54, 1.807) is 36.8 Å². The van der Waals surface area contributed by atoms with Gasteiger partial charge in [-0.15, -0.1) is 0 Å². The minimum Gasteiger partial charge on any atom is -0.424 e. The van der Waals surface area contributed by atoms with E-state index in [4.69, 9.17) is 4.74 Å². The van der Waals surface area contributed by atoms with E-state index in [-0.39, 0.29) is 6.01 Å². The Morgan fingerprint density at radius 1 is 1.06 bits per heavy atom. The van der Waals surface area contributed by atoms with Crippen LogP contribution in [0.5, 0.6) is 11.8 Å². The van der Waals surface area contributed by atoms with Crippen LogP contribution < -0.4 is 10.1 Å². The second-order valence-corrected chi connectivity index (χ2v) is 6.36. The molecule has 8 nitrogen and oxygen atoms in total. The molecule has 4 rings (SSSR count). The summed E-state index contributed by atoms with van der Waals surface area (Å²) in [4.78, 5) is 12.4. The van der Waals surface area contributed by atoms with Crippen LogP contribution in [0, 0.1) is 18.3 Å². The smallest absolute Gasteiger partial charge is 0.321 e. The number of nitrogens with one attached hydrogen (secondary N) is 2. The van der Waals surface area contributed by atoms with Gasteiger partial charge in [0, 0.05) is 24.3 Å². The number of rotatable bonds is 6. The van der Waals surface area contributed by atoms with Crippen molar-refractivity contribution < 1.29 is 4.74 Å². The number of H-pyrrole nitrogens is 1. The molecule has 0 aliphatic heterocycles. The van der Waals surface area contributed by atoms with Crippen LogP contribution in [-0.4, -0.2) is 26.4 Å². The van der Waals surface area contributed by atoms with E-state index in [1.165, 1.54) is 0 Å². The molecule has 2 heterocycles. The third-order valence-corrected chi connectivity index (χ3v) is 4.11. The highest BCUT2D eigenvalue weighted by atomic mass is 16.5. The average Bonchev–Trinajstić information content (AvgIpc) is 3.22. The zero-order chi connectivity index (χ0) is 22.8. The number of aromatic nitrogens is 4. The number of aryl methyl sites for hydroxylation is 1. The number of hydrogen-bond acceptors (Lipinski definition) is 7. The van der Waals surface area contributed by atoms with E-state index in [9.17, 15) is 5.26 Å². The van der Waals surface area contributed by atoms with Gasteiger partial charge >= 0.3 is 6.01 Å². The molecule has 0 fully saturated rings. The molecule has 0 atom stereocenters. The number of nitriles is 1. The summed E-state index contributed by atoms with van der Waals surface area (Å²) in [5.74, 6) is 1.42. The fourth-order valence-electron chi connectivity index (χ4n) is 2.69. The molecule has 0 aliphatic carbocycles. The van der Waals surface area contributed by atoms with E-state index in [1.807, 2.05) is 57.2 Å². The van der Waals surface area contributed by atoms with E-state index in [2.05, 4.69) is 36.5 Å². The monoisotopic (exact) mass is 425 g/mol. The topological polar surface area (TPSA) is 112 Å². The first-order valence-corrected chi connectivity index (χ1v) is 10.1. The second-order valence-electron chi connectivity index (χ2n) is 6.36. The Labute approximate surface area is 186 Å². The molecular formula is C24H23N7O. The van der Waals surface area contributed by atoms with Crippen molar-refractivity contribution in [1.82, 2.24) is 20.2 Å². The van der Waals surface area contributed by atoms with Crippen LogP contribution in [-0.2, 0) is 0 Å². The number of ether oxygens (including phenoxy) is 1. The molecule has 2 aromatic heterocycles. The fourth-order valence-corrected chi connectivity index (χ4v) is 2.69. The van der Waals surface area contributed by atoms with Crippen LogP contribution in [0.4, 0.5) is 17.3 Å². The summed E-state index contributed by atoms with van der Waals surface area (Å²) in [6.45, 7) is 6.00. The number of nitrogens with zero attached hydrogens (tertiary/aromatic N) is 5. The van der Waals surface area contributed by atoms with Crippen LogP contribution in [0.2, 0.25) is 0 Å².